The molecule has 0 aliphatic rings. The van der Waals surface area contributed by atoms with Crippen LogP contribution in [-0.2, 0) is 22.6 Å². The molecule has 0 N–H and O–H groups in total. The van der Waals surface area contributed by atoms with Crippen LogP contribution in [0.3, 0.4) is 0 Å². The molecule has 8 heteroatoms. The van der Waals surface area contributed by atoms with Gasteiger partial charge in [-0.2, -0.15) is 0 Å². The fourth-order valence-corrected chi connectivity index (χ4v) is 3.25. The van der Waals surface area contributed by atoms with Crippen LogP contribution in [0.25, 0.3) is 10.8 Å². The number of hydrogen-bond donors (Lipinski definition) is 0. The number of methoxy groups -OCH3 is 1. The molecule has 0 radical (unpaired) electrons. The van der Waals surface area contributed by atoms with E-state index in [4.69, 9.17) is 13.9 Å². The number of carbonyl (C=O) groups is 1. The summed E-state index contributed by atoms with van der Waals surface area (Å²) in [4.78, 5) is 12.7. The van der Waals surface area contributed by atoms with Gasteiger partial charge in [-0.1, -0.05) is 12.1 Å². The average molecular weight is 409 g/mol. The van der Waals surface area contributed by atoms with Gasteiger partial charge in [-0.05, 0) is 45.8 Å². The molecule has 3 aromatic rings. The Kier molecular flexibility index (Phi) is 5.27. The largest absolute Gasteiger partial charge is 0.497 e. The quantitative estimate of drug-likeness (QED) is 0.576. The van der Waals surface area contributed by atoms with Gasteiger partial charge in [0, 0.05) is 0 Å². The lowest BCUT2D eigenvalue weighted by molar-refractivity contribution is -0.144. The predicted molar refractivity (Wildman–Crippen MR) is 91.8 cm³/mol. The highest BCUT2D eigenvalue weighted by Crippen LogP contribution is 2.30. The first-order valence-electron chi connectivity index (χ1n) is 7.00. The Morgan fingerprint density at radius 3 is 2.67 bits per heavy atom. The summed E-state index contributed by atoms with van der Waals surface area (Å²) >= 11 is 4.86. The van der Waals surface area contributed by atoms with Crippen molar-refractivity contribution < 1.29 is 18.7 Å². The van der Waals surface area contributed by atoms with Gasteiger partial charge < -0.3 is 13.9 Å². The maximum atomic E-state index is 11.9. The molecular weight excluding hydrogens is 396 g/mol. The van der Waals surface area contributed by atoms with Crippen molar-refractivity contribution in [2.24, 2.45) is 0 Å². The van der Waals surface area contributed by atoms with Crippen LogP contribution in [-0.4, -0.2) is 23.3 Å². The SMILES string of the molecule is COc1ccc(CC(=O)OCc2nnc(-c3ccc(Br)s3)o2)cc1. The van der Waals surface area contributed by atoms with Crippen molar-refractivity contribution in [3.63, 3.8) is 0 Å². The molecule has 124 valence electrons. The summed E-state index contributed by atoms with van der Waals surface area (Å²) in [5.41, 5.74) is 0.843. The van der Waals surface area contributed by atoms with E-state index in [-0.39, 0.29) is 24.9 Å². The van der Waals surface area contributed by atoms with Crippen molar-refractivity contribution in [1.82, 2.24) is 10.2 Å². The lowest BCUT2D eigenvalue weighted by Gasteiger charge is -2.03. The summed E-state index contributed by atoms with van der Waals surface area (Å²) in [7, 11) is 1.59. The lowest BCUT2D eigenvalue weighted by atomic mass is 10.1. The molecule has 3 rings (SSSR count). The molecule has 6 nitrogen and oxygen atoms in total. The second-order valence-corrected chi connectivity index (χ2v) is 7.25. The van der Waals surface area contributed by atoms with Gasteiger partial charge in [0.05, 0.1) is 22.2 Å². The Labute approximate surface area is 150 Å². The van der Waals surface area contributed by atoms with E-state index in [9.17, 15) is 4.79 Å². The normalized spacial score (nSPS) is 10.6. The third-order valence-corrected chi connectivity index (χ3v) is 4.73. The lowest BCUT2D eigenvalue weighted by Crippen LogP contribution is -2.08. The first-order chi connectivity index (χ1) is 11.6. The van der Waals surface area contributed by atoms with E-state index in [0.717, 1.165) is 20.0 Å². The maximum absolute atomic E-state index is 11.9. The van der Waals surface area contributed by atoms with Gasteiger partial charge in [0.25, 0.3) is 11.8 Å². The summed E-state index contributed by atoms with van der Waals surface area (Å²) in [6.45, 7) is -0.0471. The summed E-state index contributed by atoms with van der Waals surface area (Å²) < 4.78 is 16.7. The highest BCUT2D eigenvalue weighted by Gasteiger charge is 2.13. The third-order valence-electron chi connectivity index (χ3n) is 3.11. The van der Waals surface area contributed by atoms with E-state index >= 15 is 0 Å². The van der Waals surface area contributed by atoms with Gasteiger partial charge in [0.1, 0.15) is 5.75 Å². The zero-order valence-electron chi connectivity index (χ0n) is 12.7. The van der Waals surface area contributed by atoms with Gasteiger partial charge in [0.15, 0.2) is 6.61 Å². The van der Waals surface area contributed by atoms with E-state index in [1.807, 2.05) is 24.3 Å². The number of aromatic nitrogens is 2. The number of esters is 1. The van der Waals surface area contributed by atoms with Gasteiger partial charge in [-0.3, -0.25) is 4.79 Å². The number of ether oxygens (including phenoxy) is 2. The molecule has 0 aliphatic heterocycles. The minimum Gasteiger partial charge on any atom is -0.497 e. The zero-order chi connectivity index (χ0) is 16.9. The summed E-state index contributed by atoms with van der Waals surface area (Å²) in [6.07, 6.45) is 0.170. The van der Waals surface area contributed by atoms with Crippen molar-refractivity contribution >= 4 is 33.2 Å². The van der Waals surface area contributed by atoms with E-state index in [2.05, 4.69) is 26.1 Å². The molecule has 1 aromatic carbocycles. The Morgan fingerprint density at radius 1 is 1.21 bits per heavy atom. The molecule has 0 unspecified atom stereocenters. The van der Waals surface area contributed by atoms with Gasteiger partial charge in [0.2, 0.25) is 0 Å². The molecule has 0 saturated carbocycles. The Morgan fingerprint density at radius 2 is 2.00 bits per heavy atom. The Bertz CT molecular complexity index is 829. The van der Waals surface area contributed by atoms with Crippen LogP contribution < -0.4 is 4.74 Å². The number of carbonyl (C=O) groups excluding carboxylic acids is 1. The standard InChI is InChI=1S/C16H13BrN2O4S/c1-21-11-4-2-10(3-5-11)8-15(20)22-9-14-18-19-16(23-14)12-6-7-13(17)24-12/h2-7H,8-9H2,1H3. The van der Waals surface area contributed by atoms with E-state index in [1.54, 1.807) is 19.2 Å². The smallest absolute Gasteiger partial charge is 0.310 e. The molecule has 0 saturated heterocycles. The van der Waals surface area contributed by atoms with Gasteiger partial charge >= 0.3 is 5.97 Å². The van der Waals surface area contributed by atoms with E-state index in [1.165, 1.54) is 11.3 Å². The minimum atomic E-state index is -0.362. The first kappa shape index (κ1) is 16.7. The summed E-state index contributed by atoms with van der Waals surface area (Å²) in [5, 5.41) is 7.83. The van der Waals surface area contributed by atoms with E-state index in [0.29, 0.717) is 5.89 Å². The molecule has 2 heterocycles. The average Bonchev–Trinajstić information content (AvgIpc) is 3.22. The second-order valence-electron chi connectivity index (χ2n) is 4.79. The molecule has 0 amide bonds. The monoisotopic (exact) mass is 408 g/mol. The van der Waals surface area contributed by atoms with E-state index < -0.39 is 0 Å². The van der Waals surface area contributed by atoms with Crippen molar-refractivity contribution in [2.45, 2.75) is 13.0 Å². The molecule has 0 fully saturated rings. The highest BCUT2D eigenvalue weighted by molar-refractivity contribution is 9.11. The fraction of sp³-hybridized carbons (Fsp3) is 0.188. The molecule has 0 aliphatic carbocycles. The number of nitrogens with zero attached hydrogens (tertiary/aromatic N) is 2. The maximum Gasteiger partial charge on any atom is 0.310 e. The first-order valence-corrected chi connectivity index (χ1v) is 8.61. The summed E-state index contributed by atoms with van der Waals surface area (Å²) in [6, 6.07) is 11.0. The Hall–Kier alpha value is -2.19. The van der Waals surface area contributed by atoms with Crippen LogP contribution in [0.1, 0.15) is 11.5 Å². The molecule has 0 bridgehead atoms. The predicted octanol–water partition coefficient (Wildman–Crippen LogP) is 3.86. The fourth-order valence-electron chi connectivity index (χ4n) is 1.94. The van der Waals surface area contributed by atoms with Gasteiger partial charge in [-0.25, -0.2) is 0 Å². The van der Waals surface area contributed by atoms with Crippen LogP contribution in [0.15, 0.2) is 44.6 Å². The van der Waals surface area contributed by atoms with Crippen molar-refractivity contribution in [3.05, 3.63) is 51.6 Å². The summed E-state index contributed by atoms with van der Waals surface area (Å²) in [5.74, 6) is 1.05. The number of hydrogen-bond acceptors (Lipinski definition) is 7. The van der Waals surface area contributed by atoms with Crippen LogP contribution in [0, 0.1) is 0 Å². The third kappa shape index (κ3) is 4.21. The second kappa shape index (κ2) is 7.59. The van der Waals surface area contributed by atoms with Crippen LogP contribution >= 0.6 is 27.3 Å². The topological polar surface area (TPSA) is 74.5 Å². The minimum absolute atomic E-state index is 0.0471. The molecular formula is C16H13BrN2O4S. The van der Waals surface area contributed by atoms with Crippen molar-refractivity contribution in [3.8, 4) is 16.5 Å². The Balaban J connectivity index is 1.53. The van der Waals surface area contributed by atoms with Crippen LogP contribution in [0.5, 0.6) is 5.75 Å². The zero-order valence-corrected chi connectivity index (χ0v) is 15.1. The number of rotatable bonds is 6. The van der Waals surface area contributed by atoms with Crippen LogP contribution in [0.4, 0.5) is 0 Å². The molecule has 0 atom stereocenters. The molecule has 24 heavy (non-hydrogen) atoms. The van der Waals surface area contributed by atoms with Crippen molar-refractivity contribution in [2.75, 3.05) is 7.11 Å². The van der Waals surface area contributed by atoms with Gasteiger partial charge in [-0.15, -0.1) is 21.5 Å². The number of benzene rings is 1. The highest BCUT2D eigenvalue weighted by atomic mass is 79.9. The number of halogens is 1. The molecule has 2 aromatic heterocycles. The molecule has 0 spiro atoms. The number of thiophene rings is 1. The van der Waals surface area contributed by atoms with Crippen molar-refractivity contribution in [1.29, 1.82) is 0 Å². The van der Waals surface area contributed by atoms with Crippen LogP contribution in [0.2, 0.25) is 0 Å².